The molecule has 1 aromatic rings. The van der Waals surface area contributed by atoms with Crippen LogP contribution in [0.2, 0.25) is 0 Å². The maximum absolute atomic E-state index is 11.9. The predicted molar refractivity (Wildman–Crippen MR) is 50.9 cm³/mol. The van der Waals surface area contributed by atoms with Crippen LogP contribution in [-0.4, -0.2) is 6.36 Å². The molecule has 0 N–H and O–H groups in total. The maximum atomic E-state index is 11.9. The second-order valence-corrected chi connectivity index (χ2v) is 3.30. The number of hydrogen-bond donors (Lipinski definition) is 0. The summed E-state index contributed by atoms with van der Waals surface area (Å²) in [4.78, 5) is 0. The van der Waals surface area contributed by atoms with Crippen molar-refractivity contribution in [2.45, 2.75) is 6.36 Å². The van der Waals surface area contributed by atoms with E-state index in [-0.39, 0.29) is 10.2 Å². The zero-order valence-corrected chi connectivity index (χ0v) is 8.52. The predicted octanol–water partition coefficient (Wildman–Crippen LogP) is 3.99. The molecule has 1 rings (SSSR count). The van der Waals surface area contributed by atoms with E-state index in [0.717, 1.165) is 0 Å². The Bertz CT molecular complexity index is 346. The minimum atomic E-state index is -4.68. The van der Waals surface area contributed by atoms with Gasteiger partial charge in [0, 0.05) is 0 Å². The highest BCUT2D eigenvalue weighted by Gasteiger charge is 2.31. The van der Waals surface area contributed by atoms with E-state index in [0.29, 0.717) is 5.56 Å². The lowest BCUT2D eigenvalue weighted by Crippen LogP contribution is -2.17. The molecule has 0 heterocycles. The molecule has 0 bridgehead atoms. The number of hydrogen-bond acceptors (Lipinski definition) is 1. The molecule has 0 aromatic heterocycles. The second kappa shape index (κ2) is 4.04. The Labute approximate surface area is 87.3 Å². The topological polar surface area (TPSA) is 9.23 Å². The van der Waals surface area contributed by atoms with E-state index >= 15 is 0 Å². The summed E-state index contributed by atoms with van der Waals surface area (Å²) in [6.45, 7) is 3.45. The molecule has 0 unspecified atom stereocenters. The lowest BCUT2D eigenvalue weighted by molar-refractivity contribution is -0.274. The molecular weight excluding hydrogens is 261 g/mol. The van der Waals surface area contributed by atoms with Crippen molar-refractivity contribution < 1.29 is 17.9 Å². The minimum Gasteiger partial charge on any atom is -0.405 e. The second-order valence-electron chi connectivity index (χ2n) is 2.44. The molecule has 0 fully saturated rings. The Morgan fingerprint density at radius 3 is 2.50 bits per heavy atom. The Morgan fingerprint density at radius 1 is 1.36 bits per heavy atom. The zero-order chi connectivity index (χ0) is 10.8. The van der Waals surface area contributed by atoms with Crippen LogP contribution in [0.5, 0.6) is 5.75 Å². The van der Waals surface area contributed by atoms with Gasteiger partial charge in [0.25, 0.3) is 0 Å². The molecule has 76 valence electrons. The number of rotatable bonds is 2. The molecule has 1 aromatic carbocycles. The summed E-state index contributed by atoms with van der Waals surface area (Å²) < 4.78 is 39.7. The average molecular weight is 267 g/mol. The molecule has 0 amide bonds. The largest absolute Gasteiger partial charge is 0.573 e. The van der Waals surface area contributed by atoms with Gasteiger partial charge < -0.3 is 4.74 Å². The Morgan fingerprint density at radius 2 is 2.00 bits per heavy atom. The van der Waals surface area contributed by atoms with Crippen molar-refractivity contribution in [3.63, 3.8) is 0 Å². The normalized spacial score (nSPS) is 11.1. The van der Waals surface area contributed by atoms with Crippen molar-refractivity contribution in [1.29, 1.82) is 0 Å². The van der Waals surface area contributed by atoms with Crippen molar-refractivity contribution in [3.8, 4) is 5.75 Å². The van der Waals surface area contributed by atoms with Crippen LogP contribution in [0.25, 0.3) is 6.08 Å². The van der Waals surface area contributed by atoms with Crippen LogP contribution in [-0.2, 0) is 0 Å². The van der Waals surface area contributed by atoms with Gasteiger partial charge in [0.2, 0.25) is 0 Å². The van der Waals surface area contributed by atoms with E-state index < -0.39 is 6.36 Å². The van der Waals surface area contributed by atoms with E-state index in [1.54, 1.807) is 6.07 Å². The SMILES string of the molecule is C=Cc1ccc(Br)c(OC(F)(F)F)c1. The van der Waals surface area contributed by atoms with Gasteiger partial charge in [0.1, 0.15) is 5.75 Å². The molecule has 0 atom stereocenters. The molecular formula is C9H6BrF3O. The number of alkyl halides is 3. The molecule has 0 aliphatic rings. The lowest BCUT2D eigenvalue weighted by Gasteiger charge is -2.10. The van der Waals surface area contributed by atoms with Crippen LogP contribution >= 0.6 is 15.9 Å². The molecule has 0 aliphatic carbocycles. The molecule has 1 nitrogen and oxygen atoms in total. The first kappa shape index (κ1) is 11.1. The van der Waals surface area contributed by atoms with E-state index in [1.165, 1.54) is 18.2 Å². The fraction of sp³-hybridized carbons (Fsp3) is 0.111. The molecule has 5 heteroatoms. The van der Waals surface area contributed by atoms with Gasteiger partial charge in [-0.3, -0.25) is 0 Å². The van der Waals surface area contributed by atoms with E-state index in [4.69, 9.17) is 0 Å². The van der Waals surface area contributed by atoms with E-state index in [2.05, 4.69) is 27.2 Å². The van der Waals surface area contributed by atoms with Gasteiger partial charge >= 0.3 is 6.36 Å². The fourth-order valence-electron chi connectivity index (χ4n) is 0.850. The first-order valence-electron chi connectivity index (χ1n) is 3.60. The summed E-state index contributed by atoms with van der Waals surface area (Å²) in [6.07, 6.45) is -3.24. The Balaban J connectivity index is 3.01. The standard InChI is InChI=1S/C9H6BrF3O/c1-2-6-3-4-7(10)8(5-6)14-9(11,12)13/h2-5H,1H2. The van der Waals surface area contributed by atoms with Gasteiger partial charge in [-0.05, 0) is 33.6 Å². The molecule has 14 heavy (non-hydrogen) atoms. The van der Waals surface area contributed by atoms with Crippen LogP contribution in [0.15, 0.2) is 29.3 Å². The van der Waals surface area contributed by atoms with Crippen LogP contribution in [0.4, 0.5) is 13.2 Å². The molecule has 0 aliphatic heterocycles. The van der Waals surface area contributed by atoms with Crippen LogP contribution in [0.1, 0.15) is 5.56 Å². The van der Waals surface area contributed by atoms with Crippen LogP contribution < -0.4 is 4.74 Å². The Kier molecular flexibility index (Phi) is 3.21. The van der Waals surface area contributed by atoms with Gasteiger partial charge in [-0.1, -0.05) is 18.7 Å². The van der Waals surface area contributed by atoms with Gasteiger partial charge in [0.05, 0.1) is 4.47 Å². The minimum absolute atomic E-state index is 0.250. The lowest BCUT2D eigenvalue weighted by atomic mass is 10.2. The highest BCUT2D eigenvalue weighted by Crippen LogP contribution is 2.31. The first-order valence-corrected chi connectivity index (χ1v) is 4.39. The molecule has 0 spiro atoms. The summed E-state index contributed by atoms with van der Waals surface area (Å²) in [6, 6.07) is 4.35. The summed E-state index contributed by atoms with van der Waals surface area (Å²) in [5.74, 6) is -0.269. The third-order valence-corrected chi connectivity index (χ3v) is 2.07. The molecule has 0 saturated heterocycles. The number of benzene rings is 1. The van der Waals surface area contributed by atoms with Gasteiger partial charge in [-0.2, -0.15) is 0 Å². The summed E-state index contributed by atoms with van der Waals surface area (Å²) in [5.41, 5.74) is 0.562. The quantitative estimate of drug-likeness (QED) is 0.787. The maximum Gasteiger partial charge on any atom is 0.573 e. The molecule has 0 saturated carbocycles. The van der Waals surface area contributed by atoms with Crippen LogP contribution in [0, 0.1) is 0 Å². The molecule has 0 radical (unpaired) electrons. The van der Waals surface area contributed by atoms with Crippen molar-refractivity contribution in [3.05, 3.63) is 34.8 Å². The smallest absolute Gasteiger partial charge is 0.405 e. The summed E-state index contributed by atoms with van der Waals surface area (Å²) in [5, 5.41) is 0. The zero-order valence-electron chi connectivity index (χ0n) is 6.94. The van der Waals surface area contributed by atoms with Gasteiger partial charge in [-0.15, -0.1) is 13.2 Å². The average Bonchev–Trinajstić information content (AvgIpc) is 2.06. The third-order valence-electron chi connectivity index (χ3n) is 1.42. The first-order chi connectivity index (χ1) is 6.42. The Hall–Kier alpha value is -0.970. The summed E-state index contributed by atoms with van der Waals surface area (Å²) >= 11 is 2.95. The van der Waals surface area contributed by atoms with E-state index in [9.17, 15) is 13.2 Å². The summed E-state index contributed by atoms with van der Waals surface area (Å²) in [7, 11) is 0. The monoisotopic (exact) mass is 266 g/mol. The van der Waals surface area contributed by atoms with Crippen molar-refractivity contribution >= 4 is 22.0 Å². The number of ether oxygens (including phenoxy) is 1. The van der Waals surface area contributed by atoms with Gasteiger partial charge in [-0.25, -0.2) is 0 Å². The van der Waals surface area contributed by atoms with E-state index in [1.807, 2.05) is 0 Å². The van der Waals surface area contributed by atoms with Crippen molar-refractivity contribution in [1.82, 2.24) is 0 Å². The number of halogens is 4. The van der Waals surface area contributed by atoms with Gasteiger partial charge in [0.15, 0.2) is 0 Å². The van der Waals surface area contributed by atoms with Crippen LogP contribution in [0.3, 0.4) is 0 Å². The van der Waals surface area contributed by atoms with Crippen molar-refractivity contribution in [2.24, 2.45) is 0 Å². The third kappa shape index (κ3) is 3.06. The fourth-order valence-corrected chi connectivity index (χ4v) is 1.18. The highest BCUT2D eigenvalue weighted by molar-refractivity contribution is 9.10. The highest BCUT2D eigenvalue weighted by atomic mass is 79.9. The van der Waals surface area contributed by atoms with Crippen molar-refractivity contribution in [2.75, 3.05) is 0 Å².